The molecule has 1 aliphatic heterocycles. The van der Waals surface area contributed by atoms with Gasteiger partial charge in [0, 0.05) is 31.1 Å². The van der Waals surface area contributed by atoms with Crippen LogP contribution in [0.25, 0.3) is 11.1 Å². The Bertz CT molecular complexity index is 1610. The maximum Gasteiger partial charge on any atom is 0.325 e. The van der Waals surface area contributed by atoms with E-state index in [9.17, 15) is 14.7 Å². The molecule has 9 nitrogen and oxygen atoms in total. The van der Waals surface area contributed by atoms with Crippen LogP contribution < -0.4 is 10.6 Å². The number of carbonyl (C=O) groups excluding carboxylic acids is 2. The summed E-state index contributed by atoms with van der Waals surface area (Å²) in [5.41, 5.74) is 6.97. The molecule has 0 saturated carbocycles. The van der Waals surface area contributed by atoms with Crippen LogP contribution in [-0.2, 0) is 38.7 Å². The summed E-state index contributed by atoms with van der Waals surface area (Å²) in [5.74, 6) is -0.405. The van der Waals surface area contributed by atoms with E-state index >= 15 is 0 Å². The summed E-state index contributed by atoms with van der Waals surface area (Å²) in [7, 11) is 2.11. The third-order valence-corrected chi connectivity index (χ3v) is 8.56. The van der Waals surface area contributed by atoms with Crippen LogP contribution in [0.5, 0.6) is 0 Å². The first-order valence-electron chi connectivity index (χ1n) is 16.4. The van der Waals surface area contributed by atoms with Crippen molar-refractivity contribution in [2.75, 3.05) is 26.7 Å². The summed E-state index contributed by atoms with van der Waals surface area (Å²) < 4.78 is 18.2. The van der Waals surface area contributed by atoms with E-state index in [0.29, 0.717) is 0 Å². The second kappa shape index (κ2) is 17.0. The number of urea groups is 1. The van der Waals surface area contributed by atoms with Gasteiger partial charge in [0.1, 0.15) is 6.54 Å². The van der Waals surface area contributed by atoms with E-state index < -0.39 is 18.3 Å². The van der Waals surface area contributed by atoms with Crippen molar-refractivity contribution >= 4 is 12.0 Å². The molecule has 1 saturated heterocycles. The molecular formula is C39H45N3O6. The maximum absolute atomic E-state index is 12.3. The van der Waals surface area contributed by atoms with Crippen LogP contribution in [0.15, 0.2) is 103 Å². The highest BCUT2D eigenvalue weighted by Crippen LogP contribution is 2.42. The van der Waals surface area contributed by atoms with Crippen molar-refractivity contribution < 1.29 is 28.9 Å². The predicted molar refractivity (Wildman–Crippen MR) is 184 cm³/mol. The van der Waals surface area contributed by atoms with E-state index in [0.717, 1.165) is 46.5 Å². The molecule has 4 aromatic carbocycles. The quantitative estimate of drug-likeness (QED) is 0.149. The normalized spacial score (nSPS) is 19.1. The van der Waals surface area contributed by atoms with Crippen molar-refractivity contribution in [1.82, 2.24) is 15.5 Å². The third kappa shape index (κ3) is 9.29. The Morgan fingerprint density at radius 3 is 2.23 bits per heavy atom. The van der Waals surface area contributed by atoms with Crippen molar-refractivity contribution in [2.24, 2.45) is 5.92 Å². The number of hydrogen-bond donors (Lipinski definition) is 3. The monoisotopic (exact) mass is 651 g/mol. The highest BCUT2D eigenvalue weighted by Gasteiger charge is 2.38. The standard InChI is InChI=1S/C39H45N3O6/c1-4-46-36(44)23-41-39(45)40-22-33-12-8-9-13-34(33)30-18-20-32(21-19-30)38-47-35(25-42(3)24-28-10-6-5-7-11-28)27(2)37(48-38)31-16-14-29(26-43)15-17-31/h5-21,27,35,37-38,43H,4,22-26H2,1-3H3,(H2,40,41,45)/t27-,35+,37+,38+/m1/s1. The second-order valence-electron chi connectivity index (χ2n) is 12.1. The summed E-state index contributed by atoms with van der Waals surface area (Å²) in [6, 6.07) is 33.9. The molecule has 0 bridgehead atoms. The zero-order valence-corrected chi connectivity index (χ0v) is 27.8. The van der Waals surface area contributed by atoms with E-state index in [2.05, 4.69) is 53.8 Å². The lowest BCUT2D eigenvalue weighted by Gasteiger charge is -2.42. The van der Waals surface area contributed by atoms with E-state index in [1.807, 2.05) is 78.9 Å². The largest absolute Gasteiger partial charge is 0.465 e. The van der Waals surface area contributed by atoms with Crippen LogP contribution >= 0.6 is 0 Å². The Hall–Kier alpha value is -4.54. The van der Waals surface area contributed by atoms with Gasteiger partial charge in [0.15, 0.2) is 6.29 Å². The van der Waals surface area contributed by atoms with E-state index in [4.69, 9.17) is 14.2 Å². The lowest BCUT2D eigenvalue weighted by molar-refractivity contribution is -0.276. The fraction of sp³-hybridized carbons (Fsp3) is 0.333. The zero-order valence-electron chi connectivity index (χ0n) is 27.8. The summed E-state index contributed by atoms with van der Waals surface area (Å²) in [6.45, 7) is 5.79. The minimum Gasteiger partial charge on any atom is -0.465 e. The molecule has 0 aromatic heterocycles. The average molecular weight is 652 g/mol. The third-order valence-electron chi connectivity index (χ3n) is 8.56. The predicted octanol–water partition coefficient (Wildman–Crippen LogP) is 6.13. The lowest BCUT2D eigenvalue weighted by Crippen LogP contribution is -2.43. The Balaban J connectivity index is 1.31. The van der Waals surface area contributed by atoms with Crippen molar-refractivity contribution in [3.05, 3.63) is 131 Å². The number of likely N-dealkylation sites (N-methyl/N-ethyl adjacent to an activating group) is 1. The summed E-state index contributed by atoms with van der Waals surface area (Å²) >= 11 is 0. The van der Waals surface area contributed by atoms with Crippen molar-refractivity contribution in [2.45, 2.75) is 52.0 Å². The van der Waals surface area contributed by atoms with E-state index in [1.165, 1.54) is 5.56 Å². The molecule has 4 aromatic rings. The molecule has 5 rings (SSSR count). The smallest absolute Gasteiger partial charge is 0.325 e. The molecule has 0 radical (unpaired) electrons. The number of hydrogen-bond acceptors (Lipinski definition) is 7. The average Bonchev–Trinajstić information content (AvgIpc) is 3.11. The van der Waals surface area contributed by atoms with E-state index in [1.54, 1.807) is 6.92 Å². The van der Waals surface area contributed by atoms with Crippen LogP contribution in [-0.4, -0.2) is 54.9 Å². The number of carbonyl (C=O) groups is 2. The molecule has 3 N–H and O–H groups in total. The first kappa shape index (κ1) is 34.8. The SMILES string of the molecule is CCOC(=O)CNC(=O)NCc1ccccc1-c1ccc([C@H]2O[C@@H](CN(C)Cc3ccccc3)[C@@H](C)[C@@H](c3ccc(CO)cc3)O2)cc1. The number of ether oxygens (including phenoxy) is 3. The molecular weight excluding hydrogens is 606 g/mol. The van der Waals surface area contributed by atoms with Gasteiger partial charge in [-0.3, -0.25) is 9.69 Å². The number of aliphatic hydroxyl groups is 1. The van der Waals surface area contributed by atoms with Crippen molar-refractivity contribution in [3.63, 3.8) is 0 Å². The lowest BCUT2D eigenvalue weighted by atomic mass is 9.90. The number of nitrogens with one attached hydrogen (secondary N) is 2. The minimum atomic E-state index is -0.576. The van der Waals surface area contributed by atoms with Crippen LogP contribution in [0.3, 0.4) is 0 Å². The van der Waals surface area contributed by atoms with Gasteiger partial charge < -0.3 is 30.0 Å². The molecule has 2 amide bonds. The molecule has 48 heavy (non-hydrogen) atoms. The minimum absolute atomic E-state index is 0.00573. The number of aliphatic hydroxyl groups excluding tert-OH is 1. The molecule has 1 heterocycles. The second-order valence-corrected chi connectivity index (χ2v) is 12.1. The Morgan fingerprint density at radius 1 is 0.833 bits per heavy atom. The van der Waals surface area contributed by atoms with E-state index in [-0.39, 0.29) is 44.4 Å². The fourth-order valence-electron chi connectivity index (χ4n) is 5.97. The number of amides is 2. The van der Waals surface area contributed by atoms with Gasteiger partial charge in [-0.05, 0) is 47.4 Å². The van der Waals surface area contributed by atoms with Crippen molar-refractivity contribution in [1.29, 1.82) is 0 Å². The van der Waals surface area contributed by atoms with Gasteiger partial charge in [0.25, 0.3) is 0 Å². The molecule has 4 atom stereocenters. The molecule has 252 valence electrons. The van der Waals surface area contributed by atoms with Gasteiger partial charge >= 0.3 is 12.0 Å². The van der Waals surface area contributed by atoms with Crippen LogP contribution in [0.1, 0.15) is 54.1 Å². The maximum atomic E-state index is 12.3. The summed E-state index contributed by atoms with van der Waals surface area (Å²) in [5, 5.41) is 14.9. The van der Waals surface area contributed by atoms with Crippen LogP contribution in [0, 0.1) is 5.92 Å². The number of esters is 1. The Kier molecular flexibility index (Phi) is 12.3. The molecule has 0 aliphatic carbocycles. The highest BCUT2D eigenvalue weighted by molar-refractivity contribution is 5.81. The fourth-order valence-corrected chi connectivity index (χ4v) is 5.97. The van der Waals surface area contributed by atoms with Crippen molar-refractivity contribution in [3.8, 4) is 11.1 Å². The van der Waals surface area contributed by atoms with Crippen LogP contribution in [0.2, 0.25) is 0 Å². The Labute approximate surface area is 282 Å². The molecule has 0 unspecified atom stereocenters. The van der Waals surface area contributed by atoms with Crippen LogP contribution in [0.4, 0.5) is 4.79 Å². The molecule has 1 aliphatic rings. The Morgan fingerprint density at radius 2 is 1.52 bits per heavy atom. The number of rotatable bonds is 13. The molecule has 1 fully saturated rings. The van der Waals surface area contributed by atoms with Gasteiger partial charge in [-0.15, -0.1) is 0 Å². The first-order chi connectivity index (χ1) is 23.3. The van der Waals surface area contributed by atoms with Gasteiger partial charge in [-0.1, -0.05) is 110 Å². The molecule has 0 spiro atoms. The summed E-state index contributed by atoms with van der Waals surface area (Å²) in [6.07, 6.45) is -0.873. The number of nitrogens with zero attached hydrogens (tertiary/aromatic N) is 1. The zero-order chi connectivity index (χ0) is 33.9. The topological polar surface area (TPSA) is 109 Å². The highest BCUT2D eigenvalue weighted by atomic mass is 16.7. The van der Waals surface area contributed by atoms with Gasteiger partial charge in [-0.25, -0.2) is 4.79 Å². The number of benzene rings is 4. The summed E-state index contributed by atoms with van der Waals surface area (Å²) in [4.78, 5) is 26.1. The van der Waals surface area contributed by atoms with Gasteiger partial charge in [0.2, 0.25) is 0 Å². The molecule has 9 heteroatoms. The first-order valence-corrected chi connectivity index (χ1v) is 16.4. The van der Waals surface area contributed by atoms with Gasteiger partial charge in [0.05, 0.1) is 25.4 Å². The van der Waals surface area contributed by atoms with Gasteiger partial charge in [-0.2, -0.15) is 0 Å².